The second kappa shape index (κ2) is 6.69. The quantitative estimate of drug-likeness (QED) is 0.882. The van der Waals surface area contributed by atoms with Crippen molar-refractivity contribution in [3.05, 3.63) is 71.3 Å². The molecule has 126 valence electrons. The maximum Gasteiger partial charge on any atom is 0.324 e. The number of nitrogens with one attached hydrogen (secondary N) is 1. The maximum absolute atomic E-state index is 13.2. The smallest absolute Gasteiger partial charge is 0.324 e. The lowest BCUT2D eigenvalue weighted by Crippen LogP contribution is -2.51. The van der Waals surface area contributed by atoms with Gasteiger partial charge in [-0.05, 0) is 61.2 Å². The van der Waals surface area contributed by atoms with E-state index in [1.165, 1.54) is 24.3 Å². The summed E-state index contributed by atoms with van der Waals surface area (Å²) >= 11 is 0. The van der Waals surface area contributed by atoms with E-state index in [1.807, 2.05) is 0 Å². The molecule has 1 aliphatic heterocycles. The lowest BCUT2D eigenvalue weighted by Gasteiger charge is -2.32. The van der Waals surface area contributed by atoms with Crippen molar-refractivity contribution in [2.75, 3.05) is 6.54 Å². The normalized spacial score (nSPS) is 23.3. The molecule has 5 heteroatoms. The number of carboxylic acid groups (broad SMARTS) is 1. The molecule has 0 spiro atoms. The van der Waals surface area contributed by atoms with Crippen molar-refractivity contribution in [2.24, 2.45) is 0 Å². The fourth-order valence-electron chi connectivity index (χ4n) is 3.54. The Bertz CT molecular complexity index is 715. The summed E-state index contributed by atoms with van der Waals surface area (Å²) in [5.74, 6) is -1.78. The van der Waals surface area contributed by atoms with E-state index < -0.39 is 11.5 Å². The Morgan fingerprint density at radius 3 is 2.25 bits per heavy atom. The van der Waals surface area contributed by atoms with Gasteiger partial charge in [0.2, 0.25) is 0 Å². The topological polar surface area (TPSA) is 49.3 Å². The standard InChI is InChI=1S/C19H19F2NO2/c20-15-5-1-13(2-6-15)9-11-19(18(23)24)17(10-12-22-19)14-3-7-16(21)8-4-14/h1-8,17,22H,9-12H2,(H,23,24)/t17?,19-/m0/s1. The third kappa shape index (κ3) is 3.17. The van der Waals surface area contributed by atoms with Gasteiger partial charge in [-0.2, -0.15) is 0 Å². The number of aryl methyl sites for hydroxylation is 1. The Hall–Kier alpha value is -2.27. The van der Waals surface area contributed by atoms with Gasteiger partial charge in [0.1, 0.15) is 17.2 Å². The molecule has 2 aromatic rings. The van der Waals surface area contributed by atoms with Gasteiger partial charge in [-0.1, -0.05) is 24.3 Å². The van der Waals surface area contributed by atoms with Crippen LogP contribution in [0.15, 0.2) is 48.5 Å². The van der Waals surface area contributed by atoms with Gasteiger partial charge in [0.25, 0.3) is 0 Å². The molecule has 2 atom stereocenters. The van der Waals surface area contributed by atoms with Crippen LogP contribution in [0.3, 0.4) is 0 Å². The largest absolute Gasteiger partial charge is 0.480 e. The van der Waals surface area contributed by atoms with E-state index in [0.717, 1.165) is 11.1 Å². The van der Waals surface area contributed by atoms with E-state index in [-0.39, 0.29) is 17.6 Å². The number of carboxylic acids is 1. The van der Waals surface area contributed by atoms with Crippen LogP contribution in [-0.2, 0) is 11.2 Å². The summed E-state index contributed by atoms with van der Waals surface area (Å²) in [5.41, 5.74) is 0.623. The van der Waals surface area contributed by atoms with Crippen LogP contribution >= 0.6 is 0 Å². The second-order valence-electron chi connectivity index (χ2n) is 6.22. The lowest BCUT2D eigenvalue weighted by atomic mass is 9.77. The summed E-state index contributed by atoms with van der Waals surface area (Å²) < 4.78 is 26.2. The van der Waals surface area contributed by atoms with E-state index in [2.05, 4.69) is 5.32 Å². The van der Waals surface area contributed by atoms with E-state index in [9.17, 15) is 18.7 Å². The molecule has 1 saturated heterocycles. The lowest BCUT2D eigenvalue weighted by molar-refractivity contribution is -0.145. The average Bonchev–Trinajstić information content (AvgIpc) is 3.00. The highest BCUT2D eigenvalue weighted by molar-refractivity contribution is 5.81. The Morgan fingerprint density at radius 1 is 1.08 bits per heavy atom. The zero-order chi connectivity index (χ0) is 17.2. The predicted molar refractivity (Wildman–Crippen MR) is 86.8 cm³/mol. The molecule has 0 aromatic heterocycles. The summed E-state index contributed by atoms with van der Waals surface area (Å²) in [4.78, 5) is 12.1. The first-order chi connectivity index (χ1) is 11.5. The molecular formula is C19H19F2NO2. The fraction of sp³-hybridized carbons (Fsp3) is 0.316. The zero-order valence-corrected chi connectivity index (χ0v) is 13.1. The first-order valence-electron chi connectivity index (χ1n) is 7.99. The van der Waals surface area contributed by atoms with Crippen molar-refractivity contribution in [2.45, 2.75) is 30.7 Å². The fourth-order valence-corrected chi connectivity index (χ4v) is 3.54. The molecule has 24 heavy (non-hydrogen) atoms. The monoisotopic (exact) mass is 331 g/mol. The number of aliphatic carboxylic acids is 1. The molecule has 0 amide bonds. The Morgan fingerprint density at radius 2 is 1.67 bits per heavy atom. The number of hydrogen-bond donors (Lipinski definition) is 2. The van der Waals surface area contributed by atoms with Gasteiger partial charge in [0.05, 0.1) is 0 Å². The first kappa shape index (κ1) is 16.6. The van der Waals surface area contributed by atoms with Crippen molar-refractivity contribution in [1.82, 2.24) is 5.32 Å². The van der Waals surface area contributed by atoms with E-state index >= 15 is 0 Å². The van der Waals surface area contributed by atoms with Gasteiger partial charge in [-0.25, -0.2) is 8.78 Å². The second-order valence-corrected chi connectivity index (χ2v) is 6.22. The molecule has 2 N–H and O–H groups in total. The Balaban J connectivity index is 1.84. The molecule has 0 radical (unpaired) electrons. The van der Waals surface area contributed by atoms with Crippen LogP contribution in [0.25, 0.3) is 0 Å². The summed E-state index contributed by atoms with van der Waals surface area (Å²) in [5, 5.41) is 13.0. The summed E-state index contributed by atoms with van der Waals surface area (Å²) in [6, 6.07) is 12.1. The predicted octanol–water partition coefficient (Wildman–Crippen LogP) is 3.50. The minimum atomic E-state index is -1.09. The molecule has 2 aromatic carbocycles. The molecular weight excluding hydrogens is 312 g/mol. The van der Waals surface area contributed by atoms with Crippen molar-refractivity contribution in [1.29, 1.82) is 0 Å². The molecule has 1 unspecified atom stereocenters. The van der Waals surface area contributed by atoms with Crippen LogP contribution in [0, 0.1) is 11.6 Å². The van der Waals surface area contributed by atoms with Crippen molar-refractivity contribution in [3.63, 3.8) is 0 Å². The molecule has 1 aliphatic rings. The van der Waals surface area contributed by atoms with Crippen LogP contribution < -0.4 is 5.32 Å². The molecule has 3 rings (SSSR count). The van der Waals surface area contributed by atoms with E-state index in [4.69, 9.17) is 0 Å². The molecule has 3 nitrogen and oxygen atoms in total. The van der Waals surface area contributed by atoms with Gasteiger partial charge in [-0.3, -0.25) is 4.79 Å². The summed E-state index contributed by atoms with van der Waals surface area (Å²) in [7, 11) is 0. The zero-order valence-electron chi connectivity index (χ0n) is 13.1. The van der Waals surface area contributed by atoms with Crippen LogP contribution in [-0.4, -0.2) is 23.2 Å². The van der Waals surface area contributed by atoms with Crippen molar-refractivity contribution < 1.29 is 18.7 Å². The highest BCUT2D eigenvalue weighted by Gasteiger charge is 2.49. The number of halogens is 2. The van der Waals surface area contributed by atoms with Crippen LogP contribution in [0.5, 0.6) is 0 Å². The molecule has 1 heterocycles. The number of carbonyl (C=O) groups is 1. The number of benzene rings is 2. The number of rotatable bonds is 5. The van der Waals surface area contributed by atoms with Gasteiger partial charge < -0.3 is 10.4 Å². The summed E-state index contributed by atoms with van der Waals surface area (Å²) in [6.45, 7) is 0.595. The van der Waals surface area contributed by atoms with Gasteiger partial charge in [0.15, 0.2) is 0 Å². The Kier molecular flexibility index (Phi) is 4.62. The molecule has 1 fully saturated rings. The van der Waals surface area contributed by atoms with Crippen LogP contribution in [0.1, 0.15) is 29.9 Å². The summed E-state index contributed by atoms with van der Waals surface area (Å²) in [6.07, 6.45) is 1.59. The van der Waals surface area contributed by atoms with Gasteiger partial charge in [-0.15, -0.1) is 0 Å². The molecule has 0 aliphatic carbocycles. The minimum Gasteiger partial charge on any atom is -0.480 e. The third-order valence-corrected chi connectivity index (χ3v) is 4.84. The number of hydrogen-bond acceptors (Lipinski definition) is 2. The van der Waals surface area contributed by atoms with Crippen LogP contribution in [0.4, 0.5) is 8.78 Å². The molecule has 0 saturated carbocycles. The van der Waals surface area contributed by atoms with Crippen molar-refractivity contribution in [3.8, 4) is 0 Å². The Labute approximate surface area is 139 Å². The average molecular weight is 331 g/mol. The van der Waals surface area contributed by atoms with E-state index in [1.54, 1.807) is 24.3 Å². The third-order valence-electron chi connectivity index (χ3n) is 4.84. The highest BCUT2D eigenvalue weighted by atomic mass is 19.1. The minimum absolute atomic E-state index is 0.226. The van der Waals surface area contributed by atoms with Gasteiger partial charge in [0, 0.05) is 5.92 Å². The first-order valence-corrected chi connectivity index (χ1v) is 7.99. The van der Waals surface area contributed by atoms with Crippen molar-refractivity contribution >= 4 is 5.97 Å². The maximum atomic E-state index is 13.2. The SMILES string of the molecule is O=C(O)[C@@]1(CCc2ccc(F)cc2)NCCC1c1ccc(F)cc1. The highest BCUT2D eigenvalue weighted by Crippen LogP contribution is 2.39. The van der Waals surface area contributed by atoms with Gasteiger partial charge >= 0.3 is 5.97 Å². The van der Waals surface area contributed by atoms with Crippen LogP contribution in [0.2, 0.25) is 0 Å². The van der Waals surface area contributed by atoms with E-state index in [0.29, 0.717) is 25.8 Å². The molecule has 0 bridgehead atoms.